The number of hydrogen-bond donors (Lipinski definition) is 2. The lowest BCUT2D eigenvalue weighted by Crippen LogP contribution is -2.34. The Labute approximate surface area is 116 Å². The third kappa shape index (κ3) is 5.48. The minimum absolute atomic E-state index is 0.0784. The molecule has 1 rings (SSSR count). The molecule has 112 valence electrons. The molecule has 6 heteroatoms. The van der Waals surface area contributed by atoms with Gasteiger partial charge in [-0.1, -0.05) is 20.8 Å². The van der Waals surface area contributed by atoms with Gasteiger partial charge in [0.15, 0.2) is 0 Å². The lowest BCUT2D eigenvalue weighted by Gasteiger charge is -2.30. The normalized spacial score (nSPS) is 18.1. The number of carbonyl (C=O) groups excluding carboxylic acids is 1. The first-order valence-corrected chi connectivity index (χ1v) is 8.46. The summed E-state index contributed by atoms with van der Waals surface area (Å²) in [7, 11) is -3.41. The van der Waals surface area contributed by atoms with Crippen LogP contribution in [0.4, 0.5) is 0 Å². The first-order chi connectivity index (χ1) is 8.66. The second kappa shape index (κ2) is 6.22. The van der Waals surface area contributed by atoms with E-state index >= 15 is 0 Å². The summed E-state index contributed by atoms with van der Waals surface area (Å²) >= 11 is 0. The number of nitrogens with two attached hydrogens (primary N) is 1. The predicted octanol–water partition coefficient (Wildman–Crippen LogP) is 1.39. The second-order valence-corrected chi connectivity index (χ2v) is 8.41. The Hall–Kier alpha value is -0.620. The first-order valence-electron chi connectivity index (χ1n) is 6.91. The SMILES string of the molecule is CC(C)(C)C(CCN)CCC(=O)NS(=O)(=O)C1CC1. The van der Waals surface area contributed by atoms with E-state index in [9.17, 15) is 13.2 Å². The molecule has 0 aromatic rings. The summed E-state index contributed by atoms with van der Waals surface area (Å²) in [5.74, 6) is -0.0648. The molecular weight excluding hydrogens is 264 g/mol. The van der Waals surface area contributed by atoms with Crippen LogP contribution < -0.4 is 10.5 Å². The van der Waals surface area contributed by atoms with Crippen LogP contribution in [0.2, 0.25) is 0 Å². The molecule has 1 fully saturated rings. The molecule has 1 amide bonds. The van der Waals surface area contributed by atoms with Gasteiger partial charge in [-0.05, 0) is 43.6 Å². The maximum Gasteiger partial charge on any atom is 0.237 e. The van der Waals surface area contributed by atoms with Gasteiger partial charge >= 0.3 is 0 Å². The molecule has 5 nitrogen and oxygen atoms in total. The summed E-state index contributed by atoms with van der Waals surface area (Å²) in [5.41, 5.74) is 5.66. The van der Waals surface area contributed by atoms with E-state index in [2.05, 4.69) is 25.5 Å². The van der Waals surface area contributed by atoms with E-state index in [4.69, 9.17) is 5.73 Å². The van der Waals surface area contributed by atoms with E-state index in [1.807, 2.05) is 0 Å². The molecule has 0 radical (unpaired) electrons. The van der Waals surface area contributed by atoms with Crippen molar-refractivity contribution in [1.82, 2.24) is 4.72 Å². The van der Waals surface area contributed by atoms with Gasteiger partial charge in [-0.2, -0.15) is 0 Å². The zero-order valence-corrected chi connectivity index (χ0v) is 12.9. The van der Waals surface area contributed by atoms with Crippen molar-refractivity contribution in [3.63, 3.8) is 0 Å². The van der Waals surface area contributed by atoms with Crippen LogP contribution >= 0.6 is 0 Å². The molecule has 3 N–H and O–H groups in total. The molecule has 1 aliphatic rings. The van der Waals surface area contributed by atoms with Crippen LogP contribution in [0, 0.1) is 11.3 Å². The predicted molar refractivity (Wildman–Crippen MR) is 75.9 cm³/mol. The third-order valence-electron chi connectivity index (χ3n) is 3.68. The van der Waals surface area contributed by atoms with Crippen molar-refractivity contribution in [3.8, 4) is 0 Å². The second-order valence-electron chi connectivity index (χ2n) is 6.45. The quantitative estimate of drug-likeness (QED) is 0.741. The van der Waals surface area contributed by atoms with Gasteiger partial charge in [-0.3, -0.25) is 9.52 Å². The molecule has 0 spiro atoms. The van der Waals surface area contributed by atoms with Crippen molar-refractivity contribution in [2.45, 2.75) is 58.1 Å². The zero-order chi connectivity index (χ0) is 14.7. The topological polar surface area (TPSA) is 89.3 Å². The molecular formula is C13H26N2O3S. The Kier molecular flexibility index (Phi) is 5.38. The van der Waals surface area contributed by atoms with Gasteiger partial charge in [0, 0.05) is 6.42 Å². The fraction of sp³-hybridized carbons (Fsp3) is 0.923. The number of amides is 1. The largest absolute Gasteiger partial charge is 0.330 e. The van der Waals surface area contributed by atoms with Gasteiger partial charge < -0.3 is 5.73 Å². The van der Waals surface area contributed by atoms with Crippen molar-refractivity contribution >= 4 is 15.9 Å². The highest BCUT2D eigenvalue weighted by Gasteiger charge is 2.36. The summed E-state index contributed by atoms with van der Waals surface area (Å²) in [5, 5.41) is -0.348. The van der Waals surface area contributed by atoms with Gasteiger partial charge in [0.05, 0.1) is 5.25 Å². The highest BCUT2D eigenvalue weighted by atomic mass is 32.2. The Morgan fingerprint density at radius 1 is 1.32 bits per heavy atom. The molecule has 0 heterocycles. The van der Waals surface area contributed by atoms with Crippen LogP contribution in [0.15, 0.2) is 0 Å². The smallest absolute Gasteiger partial charge is 0.237 e. The Bertz CT molecular complexity index is 408. The summed E-state index contributed by atoms with van der Waals surface area (Å²) in [6.45, 7) is 6.94. The molecule has 1 aliphatic carbocycles. The summed E-state index contributed by atoms with van der Waals surface area (Å²) < 4.78 is 25.4. The number of rotatable bonds is 7. The van der Waals surface area contributed by atoms with Crippen LogP contribution in [-0.4, -0.2) is 26.1 Å². The number of nitrogens with one attached hydrogen (secondary N) is 1. The van der Waals surface area contributed by atoms with Crippen molar-refractivity contribution in [2.24, 2.45) is 17.1 Å². The highest BCUT2D eigenvalue weighted by molar-refractivity contribution is 7.90. The van der Waals surface area contributed by atoms with E-state index in [-0.39, 0.29) is 17.1 Å². The van der Waals surface area contributed by atoms with Crippen LogP contribution in [0.5, 0.6) is 0 Å². The van der Waals surface area contributed by atoms with Crippen LogP contribution in [0.1, 0.15) is 52.9 Å². The minimum atomic E-state index is -3.41. The van der Waals surface area contributed by atoms with Crippen LogP contribution in [0.25, 0.3) is 0 Å². The molecule has 1 atom stereocenters. The summed E-state index contributed by atoms with van der Waals surface area (Å²) in [6.07, 6.45) is 3.10. The molecule has 0 aliphatic heterocycles. The summed E-state index contributed by atoms with van der Waals surface area (Å²) in [4.78, 5) is 11.7. The van der Waals surface area contributed by atoms with Crippen molar-refractivity contribution in [3.05, 3.63) is 0 Å². The minimum Gasteiger partial charge on any atom is -0.330 e. The average molecular weight is 290 g/mol. The standard InChI is InChI=1S/C13H26N2O3S/c1-13(2,3)10(8-9-14)4-7-12(16)15-19(17,18)11-5-6-11/h10-11H,4-9,14H2,1-3H3,(H,15,16). The Morgan fingerprint density at radius 3 is 2.32 bits per heavy atom. The fourth-order valence-corrected chi connectivity index (χ4v) is 3.53. The third-order valence-corrected chi connectivity index (χ3v) is 5.54. The van der Waals surface area contributed by atoms with Gasteiger partial charge in [0.25, 0.3) is 0 Å². The molecule has 0 bridgehead atoms. The molecule has 1 saturated carbocycles. The van der Waals surface area contributed by atoms with E-state index in [0.717, 1.165) is 6.42 Å². The van der Waals surface area contributed by atoms with Crippen LogP contribution in [0.3, 0.4) is 0 Å². The van der Waals surface area contributed by atoms with Gasteiger partial charge in [0.2, 0.25) is 15.9 Å². The molecule has 0 aromatic carbocycles. The monoisotopic (exact) mass is 290 g/mol. The Morgan fingerprint density at radius 2 is 1.89 bits per heavy atom. The summed E-state index contributed by atoms with van der Waals surface area (Å²) in [6, 6.07) is 0. The number of hydrogen-bond acceptors (Lipinski definition) is 4. The van der Waals surface area contributed by atoms with E-state index in [1.54, 1.807) is 0 Å². The molecule has 0 saturated heterocycles. The lowest BCUT2D eigenvalue weighted by molar-refractivity contribution is -0.119. The maximum atomic E-state index is 11.7. The average Bonchev–Trinajstić information content (AvgIpc) is 3.05. The van der Waals surface area contributed by atoms with Gasteiger partial charge in [-0.15, -0.1) is 0 Å². The van der Waals surface area contributed by atoms with Gasteiger partial charge in [-0.25, -0.2) is 8.42 Å². The lowest BCUT2D eigenvalue weighted by atomic mass is 9.76. The number of carbonyl (C=O) groups is 1. The van der Waals surface area contributed by atoms with Crippen LogP contribution in [-0.2, 0) is 14.8 Å². The zero-order valence-electron chi connectivity index (χ0n) is 12.1. The highest BCUT2D eigenvalue weighted by Crippen LogP contribution is 2.32. The molecule has 19 heavy (non-hydrogen) atoms. The molecule has 0 aromatic heterocycles. The molecule has 1 unspecified atom stereocenters. The Balaban J connectivity index is 2.43. The van der Waals surface area contributed by atoms with E-state index in [0.29, 0.717) is 31.7 Å². The first kappa shape index (κ1) is 16.4. The van der Waals surface area contributed by atoms with Gasteiger partial charge in [0.1, 0.15) is 0 Å². The van der Waals surface area contributed by atoms with E-state index in [1.165, 1.54) is 0 Å². The van der Waals surface area contributed by atoms with Crippen molar-refractivity contribution in [1.29, 1.82) is 0 Å². The van der Waals surface area contributed by atoms with Crippen molar-refractivity contribution < 1.29 is 13.2 Å². The maximum absolute atomic E-state index is 11.7. The van der Waals surface area contributed by atoms with Crippen molar-refractivity contribution in [2.75, 3.05) is 6.54 Å². The van der Waals surface area contributed by atoms with E-state index < -0.39 is 15.9 Å². The fourth-order valence-electron chi connectivity index (χ4n) is 2.19. The number of sulfonamides is 1.